The van der Waals surface area contributed by atoms with Crippen molar-refractivity contribution in [3.05, 3.63) is 29.6 Å². The van der Waals surface area contributed by atoms with Crippen molar-refractivity contribution in [3.8, 4) is 11.8 Å². The molecule has 3 nitrogen and oxygen atoms in total. The molecule has 80 valence electrons. The second kappa shape index (κ2) is 6.18. The highest BCUT2D eigenvalue weighted by Crippen LogP contribution is 2.19. The van der Waals surface area contributed by atoms with Crippen LogP contribution in [0.4, 0.5) is 0 Å². The molecule has 3 heteroatoms. The molecule has 0 amide bonds. The molecule has 15 heavy (non-hydrogen) atoms. The minimum Gasteiger partial charge on any atom is -0.271 e. The highest BCUT2D eigenvalue weighted by molar-refractivity contribution is 5.27. The van der Waals surface area contributed by atoms with Crippen molar-refractivity contribution in [1.82, 2.24) is 10.4 Å². The number of hydrazine groups is 1. The number of hydrogen-bond donors (Lipinski definition) is 2. The molecule has 0 aliphatic carbocycles. The van der Waals surface area contributed by atoms with Crippen LogP contribution < -0.4 is 11.3 Å². The predicted octanol–water partition coefficient (Wildman–Crippen LogP) is 1.56. The minimum absolute atomic E-state index is 0.0930. The Morgan fingerprint density at radius 3 is 3.00 bits per heavy atom. The van der Waals surface area contributed by atoms with E-state index >= 15 is 0 Å². The van der Waals surface area contributed by atoms with Gasteiger partial charge in [0.25, 0.3) is 0 Å². The zero-order chi connectivity index (χ0) is 11.1. The molecule has 0 saturated carbocycles. The third kappa shape index (κ3) is 3.05. The van der Waals surface area contributed by atoms with Crippen LogP contribution in [0.15, 0.2) is 18.5 Å². The van der Waals surface area contributed by atoms with Gasteiger partial charge in [-0.05, 0) is 30.5 Å². The molecule has 1 rings (SSSR count). The largest absolute Gasteiger partial charge is 0.271 e. The Balaban J connectivity index is 2.93. The lowest BCUT2D eigenvalue weighted by Crippen LogP contribution is -2.28. The van der Waals surface area contributed by atoms with E-state index in [0.29, 0.717) is 0 Å². The number of nitrogens with one attached hydrogen (secondary N) is 1. The van der Waals surface area contributed by atoms with Crippen LogP contribution in [0.5, 0.6) is 0 Å². The number of hydrogen-bond acceptors (Lipinski definition) is 3. The number of nitrogens with zero attached hydrogens (tertiary/aromatic N) is 1. The van der Waals surface area contributed by atoms with Crippen LogP contribution in [0.3, 0.4) is 0 Å². The zero-order valence-corrected chi connectivity index (χ0v) is 9.25. The molecule has 0 spiro atoms. The van der Waals surface area contributed by atoms with Crippen molar-refractivity contribution < 1.29 is 0 Å². The fourth-order valence-electron chi connectivity index (χ4n) is 1.54. The number of aryl methyl sites for hydroxylation is 1. The summed E-state index contributed by atoms with van der Waals surface area (Å²) in [5, 5.41) is 0. The lowest BCUT2D eigenvalue weighted by Gasteiger charge is -2.16. The maximum absolute atomic E-state index is 5.53. The fourth-order valence-corrected chi connectivity index (χ4v) is 1.54. The predicted molar refractivity (Wildman–Crippen MR) is 61.7 cm³/mol. The normalized spacial score (nSPS) is 11.7. The van der Waals surface area contributed by atoms with E-state index in [9.17, 15) is 0 Å². The Hall–Kier alpha value is -1.37. The van der Waals surface area contributed by atoms with Gasteiger partial charge in [0.05, 0.1) is 6.04 Å². The molecule has 1 aromatic rings. The van der Waals surface area contributed by atoms with Gasteiger partial charge in [-0.2, -0.15) is 0 Å². The first-order valence-electron chi connectivity index (χ1n) is 5.12. The number of pyridine rings is 1. The van der Waals surface area contributed by atoms with E-state index in [1.165, 1.54) is 11.1 Å². The summed E-state index contributed by atoms with van der Waals surface area (Å²) >= 11 is 0. The second-order valence-corrected chi connectivity index (χ2v) is 3.28. The van der Waals surface area contributed by atoms with Crippen LogP contribution in [0.1, 0.15) is 37.4 Å². The number of rotatable bonds is 4. The van der Waals surface area contributed by atoms with Crippen LogP contribution in [0.2, 0.25) is 0 Å². The van der Waals surface area contributed by atoms with Gasteiger partial charge in [-0.15, -0.1) is 11.8 Å². The van der Waals surface area contributed by atoms with E-state index in [1.807, 2.05) is 19.2 Å². The van der Waals surface area contributed by atoms with Crippen LogP contribution >= 0.6 is 0 Å². The van der Waals surface area contributed by atoms with Crippen molar-refractivity contribution in [2.75, 3.05) is 0 Å². The summed E-state index contributed by atoms with van der Waals surface area (Å²) < 4.78 is 0. The Morgan fingerprint density at radius 1 is 1.60 bits per heavy atom. The molecule has 1 atom stereocenters. The number of nitrogens with two attached hydrogens (primary N) is 1. The van der Waals surface area contributed by atoms with Gasteiger partial charge in [0.2, 0.25) is 0 Å². The van der Waals surface area contributed by atoms with Gasteiger partial charge in [0.1, 0.15) is 0 Å². The Kier molecular flexibility index (Phi) is 4.82. The van der Waals surface area contributed by atoms with Crippen LogP contribution in [-0.2, 0) is 6.42 Å². The Morgan fingerprint density at radius 2 is 2.40 bits per heavy atom. The van der Waals surface area contributed by atoms with Crippen molar-refractivity contribution in [2.45, 2.75) is 32.7 Å². The SMILES string of the molecule is CC#CCC(NN)c1ccncc1CC. The first-order chi connectivity index (χ1) is 7.33. The standard InChI is InChI=1S/C12H17N3/c1-3-5-6-12(15-13)11-7-8-14-9-10(11)4-2/h7-9,12,15H,4,6,13H2,1-2H3. The maximum Gasteiger partial charge on any atom is 0.0573 e. The number of aromatic nitrogens is 1. The van der Waals surface area contributed by atoms with Crippen molar-refractivity contribution in [1.29, 1.82) is 0 Å². The van der Waals surface area contributed by atoms with Crippen LogP contribution in [0, 0.1) is 11.8 Å². The molecule has 0 aliphatic heterocycles. The molecule has 0 radical (unpaired) electrons. The fraction of sp³-hybridized carbons (Fsp3) is 0.417. The molecular formula is C12H17N3. The van der Waals surface area contributed by atoms with Gasteiger partial charge in [-0.1, -0.05) is 6.92 Å². The smallest absolute Gasteiger partial charge is 0.0573 e. The maximum atomic E-state index is 5.53. The molecule has 3 N–H and O–H groups in total. The van der Waals surface area contributed by atoms with E-state index in [1.54, 1.807) is 6.20 Å². The van der Waals surface area contributed by atoms with Gasteiger partial charge >= 0.3 is 0 Å². The summed E-state index contributed by atoms with van der Waals surface area (Å²) in [6.07, 6.45) is 5.36. The summed E-state index contributed by atoms with van der Waals surface area (Å²) in [5.74, 6) is 11.4. The summed E-state index contributed by atoms with van der Waals surface area (Å²) in [6, 6.07) is 2.09. The van der Waals surface area contributed by atoms with E-state index in [-0.39, 0.29) is 6.04 Å². The highest BCUT2D eigenvalue weighted by Gasteiger charge is 2.11. The monoisotopic (exact) mass is 203 g/mol. The summed E-state index contributed by atoms with van der Waals surface area (Å²) in [7, 11) is 0. The molecule has 0 aliphatic rings. The third-order valence-electron chi connectivity index (χ3n) is 2.38. The highest BCUT2D eigenvalue weighted by atomic mass is 15.2. The summed E-state index contributed by atoms with van der Waals surface area (Å²) in [6.45, 7) is 3.94. The zero-order valence-electron chi connectivity index (χ0n) is 9.25. The quantitative estimate of drug-likeness (QED) is 0.443. The van der Waals surface area contributed by atoms with Gasteiger partial charge in [-0.3, -0.25) is 16.3 Å². The average molecular weight is 203 g/mol. The molecule has 0 fully saturated rings. The van der Waals surface area contributed by atoms with Crippen molar-refractivity contribution in [3.63, 3.8) is 0 Å². The molecule has 0 saturated heterocycles. The molecule has 1 heterocycles. The van der Waals surface area contributed by atoms with E-state index < -0.39 is 0 Å². The molecular weight excluding hydrogens is 186 g/mol. The molecule has 0 aromatic carbocycles. The first-order valence-corrected chi connectivity index (χ1v) is 5.12. The van der Waals surface area contributed by atoms with E-state index in [2.05, 4.69) is 29.2 Å². The molecule has 0 bridgehead atoms. The van der Waals surface area contributed by atoms with E-state index in [4.69, 9.17) is 5.84 Å². The summed E-state index contributed by atoms with van der Waals surface area (Å²) in [5.41, 5.74) is 5.21. The lowest BCUT2D eigenvalue weighted by molar-refractivity contribution is 0.562. The third-order valence-corrected chi connectivity index (χ3v) is 2.38. The minimum atomic E-state index is 0.0930. The van der Waals surface area contributed by atoms with Crippen LogP contribution in [-0.4, -0.2) is 4.98 Å². The van der Waals surface area contributed by atoms with E-state index in [0.717, 1.165) is 12.8 Å². The molecule has 1 unspecified atom stereocenters. The average Bonchev–Trinajstić information content (AvgIpc) is 2.30. The van der Waals surface area contributed by atoms with Gasteiger partial charge in [-0.25, -0.2) is 0 Å². The van der Waals surface area contributed by atoms with Gasteiger partial charge in [0, 0.05) is 18.8 Å². The Bertz CT molecular complexity index is 363. The van der Waals surface area contributed by atoms with Crippen LogP contribution in [0.25, 0.3) is 0 Å². The van der Waals surface area contributed by atoms with Gasteiger partial charge < -0.3 is 0 Å². The first kappa shape index (κ1) is 11.7. The van der Waals surface area contributed by atoms with Crippen molar-refractivity contribution >= 4 is 0 Å². The van der Waals surface area contributed by atoms with Gasteiger partial charge in [0.15, 0.2) is 0 Å². The summed E-state index contributed by atoms with van der Waals surface area (Å²) in [4.78, 5) is 4.11. The topological polar surface area (TPSA) is 50.9 Å². The second-order valence-electron chi connectivity index (χ2n) is 3.28. The lowest BCUT2D eigenvalue weighted by atomic mass is 9.99. The Labute approximate surface area is 91.1 Å². The molecule has 1 aromatic heterocycles. The van der Waals surface area contributed by atoms with Crippen molar-refractivity contribution in [2.24, 2.45) is 5.84 Å².